The van der Waals surface area contributed by atoms with Gasteiger partial charge in [-0.1, -0.05) is 170 Å². The van der Waals surface area contributed by atoms with E-state index in [1.165, 1.54) is 49.3 Å². The molecule has 0 unspecified atom stereocenters. The predicted molar refractivity (Wildman–Crippen MR) is 257 cm³/mol. The van der Waals surface area contributed by atoms with E-state index in [-0.39, 0.29) is 0 Å². The summed E-state index contributed by atoms with van der Waals surface area (Å²) < 4.78 is 8.98. The Kier molecular flexibility index (Phi) is 8.17. The van der Waals surface area contributed by atoms with Crippen LogP contribution in [0.2, 0.25) is 0 Å². The summed E-state index contributed by atoms with van der Waals surface area (Å²) in [5.74, 6) is 0. The van der Waals surface area contributed by atoms with E-state index in [0.29, 0.717) is 0 Å². The molecule has 61 heavy (non-hydrogen) atoms. The number of furan rings is 1. The number of aromatic nitrogens is 1. The van der Waals surface area contributed by atoms with Crippen molar-refractivity contribution in [1.29, 1.82) is 0 Å². The van der Waals surface area contributed by atoms with Gasteiger partial charge in [-0.2, -0.15) is 0 Å². The average molecular weight is 779 g/mol. The van der Waals surface area contributed by atoms with E-state index in [1.807, 2.05) is 6.07 Å². The van der Waals surface area contributed by atoms with Gasteiger partial charge in [0.15, 0.2) is 0 Å². The lowest BCUT2D eigenvalue weighted by Gasteiger charge is -2.28. The Bertz CT molecular complexity index is 3520. The molecule has 0 saturated heterocycles. The summed E-state index contributed by atoms with van der Waals surface area (Å²) in [4.78, 5) is 2.39. The van der Waals surface area contributed by atoms with Gasteiger partial charge in [-0.15, -0.1) is 0 Å². The molecule has 0 N–H and O–H groups in total. The third-order valence-electron chi connectivity index (χ3n) is 12.2. The highest BCUT2D eigenvalue weighted by Gasteiger charge is 2.22. The second-order valence-corrected chi connectivity index (χ2v) is 15.6. The van der Waals surface area contributed by atoms with Gasteiger partial charge in [0.1, 0.15) is 11.2 Å². The van der Waals surface area contributed by atoms with Crippen LogP contribution >= 0.6 is 0 Å². The summed E-state index contributed by atoms with van der Waals surface area (Å²) in [7, 11) is 0. The SMILES string of the molecule is c1ccc(-c2ccc(N(c3ccc(-c4ccccc4-n4c5ccccc5c5ccccc54)cc3)c3ccccc3-c3cc4oc5ccccc5c4c4ccccc34)cc2)cc1. The van der Waals surface area contributed by atoms with Crippen molar-refractivity contribution in [3.8, 4) is 39.1 Å². The number of anilines is 3. The molecule has 0 saturated carbocycles. The number of hydrogen-bond acceptors (Lipinski definition) is 2. The minimum atomic E-state index is 0.884. The summed E-state index contributed by atoms with van der Waals surface area (Å²) in [6.45, 7) is 0. The topological polar surface area (TPSA) is 21.3 Å². The first-order valence-electron chi connectivity index (χ1n) is 20.8. The molecule has 0 spiro atoms. The molecule has 0 bridgehead atoms. The molecule has 0 radical (unpaired) electrons. The molecular formula is C58H38N2O. The average Bonchev–Trinajstić information content (AvgIpc) is 3.88. The summed E-state index contributed by atoms with van der Waals surface area (Å²) in [6, 6.07) is 82.8. The van der Waals surface area contributed by atoms with Crippen molar-refractivity contribution in [3.63, 3.8) is 0 Å². The van der Waals surface area contributed by atoms with Gasteiger partial charge in [0.2, 0.25) is 0 Å². The first-order valence-corrected chi connectivity index (χ1v) is 20.8. The van der Waals surface area contributed by atoms with Crippen molar-refractivity contribution in [3.05, 3.63) is 231 Å². The zero-order valence-electron chi connectivity index (χ0n) is 33.2. The predicted octanol–water partition coefficient (Wildman–Crippen LogP) is 16.3. The van der Waals surface area contributed by atoms with Crippen LogP contribution in [-0.2, 0) is 0 Å². The number of fused-ring (bicyclic) bond motifs is 8. The number of rotatable bonds is 7. The van der Waals surface area contributed by atoms with E-state index in [1.54, 1.807) is 0 Å². The monoisotopic (exact) mass is 778 g/mol. The lowest BCUT2D eigenvalue weighted by Crippen LogP contribution is -2.11. The third-order valence-corrected chi connectivity index (χ3v) is 12.2. The van der Waals surface area contributed by atoms with Gasteiger partial charge in [0.05, 0.1) is 22.4 Å². The Labute approximate surface area is 353 Å². The van der Waals surface area contributed by atoms with Gasteiger partial charge >= 0.3 is 0 Å². The molecule has 0 atom stereocenters. The van der Waals surface area contributed by atoms with E-state index in [2.05, 4.69) is 234 Å². The molecular weight excluding hydrogens is 741 g/mol. The molecule has 12 rings (SSSR count). The van der Waals surface area contributed by atoms with Crippen molar-refractivity contribution >= 4 is 71.6 Å². The fourth-order valence-corrected chi connectivity index (χ4v) is 9.45. The molecule has 286 valence electrons. The Morgan fingerprint density at radius 1 is 0.328 bits per heavy atom. The summed E-state index contributed by atoms with van der Waals surface area (Å²) in [6.07, 6.45) is 0. The molecule has 12 aromatic rings. The van der Waals surface area contributed by atoms with Gasteiger partial charge < -0.3 is 13.9 Å². The Balaban J connectivity index is 1.03. The van der Waals surface area contributed by atoms with E-state index < -0.39 is 0 Å². The molecule has 0 aliphatic rings. The number of para-hydroxylation sites is 5. The zero-order valence-corrected chi connectivity index (χ0v) is 33.2. The maximum atomic E-state index is 6.57. The van der Waals surface area contributed by atoms with Crippen molar-refractivity contribution < 1.29 is 4.42 Å². The Morgan fingerprint density at radius 2 is 0.836 bits per heavy atom. The smallest absolute Gasteiger partial charge is 0.136 e. The van der Waals surface area contributed by atoms with Gasteiger partial charge in [-0.25, -0.2) is 0 Å². The van der Waals surface area contributed by atoms with Crippen LogP contribution in [0.25, 0.3) is 93.6 Å². The second-order valence-electron chi connectivity index (χ2n) is 15.6. The summed E-state index contributed by atoms with van der Waals surface area (Å²) in [5.41, 5.74) is 15.5. The molecule has 2 heterocycles. The third kappa shape index (κ3) is 5.74. The van der Waals surface area contributed by atoms with Crippen molar-refractivity contribution in [2.24, 2.45) is 0 Å². The molecule has 0 aliphatic heterocycles. The van der Waals surface area contributed by atoms with Crippen LogP contribution in [0.5, 0.6) is 0 Å². The van der Waals surface area contributed by atoms with E-state index in [4.69, 9.17) is 4.42 Å². The van der Waals surface area contributed by atoms with Crippen LogP contribution in [0.3, 0.4) is 0 Å². The van der Waals surface area contributed by atoms with Gasteiger partial charge in [-0.05, 0) is 93.7 Å². The number of nitrogens with zero attached hydrogens (tertiary/aromatic N) is 2. The maximum Gasteiger partial charge on any atom is 0.136 e. The molecule has 10 aromatic carbocycles. The largest absolute Gasteiger partial charge is 0.456 e. The second kappa shape index (κ2) is 14.3. The minimum absolute atomic E-state index is 0.884. The van der Waals surface area contributed by atoms with E-state index in [0.717, 1.165) is 61.4 Å². The van der Waals surface area contributed by atoms with Crippen LogP contribution in [-0.4, -0.2) is 4.57 Å². The highest BCUT2D eigenvalue weighted by molar-refractivity contribution is 6.22. The van der Waals surface area contributed by atoms with Crippen molar-refractivity contribution in [2.45, 2.75) is 0 Å². The van der Waals surface area contributed by atoms with Gasteiger partial charge in [0.25, 0.3) is 0 Å². The molecule has 0 fully saturated rings. The highest BCUT2D eigenvalue weighted by atomic mass is 16.3. The van der Waals surface area contributed by atoms with E-state index in [9.17, 15) is 0 Å². The first kappa shape index (κ1) is 34.9. The highest BCUT2D eigenvalue weighted by Crippen LogP contribution is 2.46. The summed E-state index contributed by atoms with van der Waals surface area (Å²) in [5, 5.41) is 7.16. The van der Waals surface area contributed by atoms with Crippen LogP contribution in [0, 0.1) is 0 Å². The Morgan fingerprint density at radius 3 is 1.54 bits per heavy atom. The first-order chi connectivity index (χ1) is 30.3. The minimum Gasteiger partial charge on any atom is -0.456 e. The quantitative estimate of drug-likeness (QED) is 0.161. The number of hydrogen-bond donors (Lipinski definition) is 0. The standard InChI is InChI=1S/C58H38N2O/c1-2-16-39(17-3-1)40-30-34-42(35-31-40)59(53-26-12-9-22-48(53)51-38-57-58(49-23-5-4-19-45(49)51)50-24-10-15-29-56(50)61-57)43-36-32-41(33-37-43)44-18-6-11-25-52(44)60-54-27-13-7-20-46(54)47-21-8-14-28-55(47)60/h1-38H. The molecule has 0 amide bonds. The molecule has 3 heteroatoms. The normalized spacial score (nSPS) is 11.6. The van der Waals surface area contributed by atoms with Crippen molar-refractivity contribution in [2.75, 3.05) is 4.90 Å². The Hall–Kier alpha value is -8.14. The van der Waals surface area contributed by atoms with Crippen LogP contribution in [0.15, 0.2) is 235 Å². The lowest BCUT2D eigenvalue weighted by molar-refractivity contribution is 0.669. The number of benzene rings is 10. The summed E-state index contributed by atoms with van der Waals surface area (Å²) >= 11 is 0. The maximum absolute atomic E-state index is 6.57. The lowest BCUT2D eigenvalue weighted by atomic mass is 9.93. The van der Waals surface area contributed by atoms with Gasteiger partial charge in [-0.3, -0.25) is 0 Å². The molecule has 2 aromatic heterocycles. The van der Waals surface area contributed by atoms with Crippen LogP contribution in [0.4, 0.5) is 17.1 Å². The van der Waals surface area contributed by atoms with E-state index >= 15 is 0 Å². The van der Waals surface area contributed by atoms with Crippen molar-refractivity contribution in [1.82, 2.24) is 4.57 Å². The zero-order chi connectivity index (χ0) is 40.3. The van der Waals surface area contributed by atoms with Gasteiger partial charge in [0, 0.05) is 44.0 Å². The van der Waals surface area contributed by atoms with Crippen LogP contribution < -0.4 is 4.90 Å². The fraction of sp³-hybridized carbons (Fsp3) is 0. The molecule has 3 nitrogen and oxygen atoms in total. The molecule has 0 aliphatic carbocycles. The van der Waals surface area contributed by atoms with Crippen LogP contribution in [0.1, 0.15) is 0 Å². The fourth-order valence-electron chi connectivity index (χ4n) is 9.45.